The first kappa shape index (κ1) is 43.0. The number of carbonyl (C=O) groups is 1. The van der Waals surface area contributed by atoms with Gasteiger partial charge in [0.15, 0.2) is 23.2 Å². The van der Waals surface area contributed by atoms with Crippen LogP contribution in [0.1, 0.15) is 115 Å². The van der Waals surface area contributed by atoms with Crippen molar-refractivity contribution in [1.29, 1.82) is 0 Å². The largest absolute Gasteiger partial charge is 0.481 e. The number of halogens is 4. The Balaban J connectivity index is 0.000000258. The van der Waals surface area contributed by atoms with Crippen LogP contribution in [0.4, 0.5) is 0 Å². The van der Waals surface area contributed by atoms with Crippen molar-refractivity contribution < 1.29 is 18.4 Å². The van der Waals surface area contributed by atoms with E-state index in [1.807, 2.05) is 6.92 Å². The summed E-state index contributed by atoms with van der Waals surface area (Å²) in [5, 5.41) is 4.55. The van der Waals surface area contributed by atoms with Crippen molar-refractivity contribution >= 4 is 86.7 Å². The first-order chi connectivity index (χ1) is 25.4. The summed E-state index contributed by atoms with van der Waals surface area (Å²) in [7, 11) is 0. The number of benzene rings is 3. The molecule has 0 saturated heterocycles. The second-order valence-corrected chi connectivity index (χ2v) is 16.1. The number of ether oxygens (including phenoxy) is 1. The molecule has 0 aliphatic carbocycles. The van der Waals surface area contributed by atoms with Crippen LogP contribution in [0.25, 0.3) is 34.4 Å². The molecule has 7 nitrogen and oxygen atoms in total. The van der Waals surface area contributed by atoms with Gasteiger partial charge in [-0.15, -0.1) is 0 Å². The van der Waals surface area contributed by atoms with Gasteiger partial charge in [0.1, 0.15) is 16.8 Å². The number of aromatic nitrogens is 2. The fraction of sp³-hybridized carbons (Fsp3) is 0.372. The average Bonchev–Trinajstić information content (AvgIpc) is 3.75. The van der Waals surface area contributed by atoms with E-state index in [-0.39, 0.29) is 16.7 Å². The van der Waals surface area contributed by atoms with Crippen molar-refractivity contribution in [3.63, 3.8) is 0 Å². The summed E-state index contributed by atoms with van der Waals surface area (Å²) >= 11 is 25.1. The van der Waals surface area contributed by atoms with Crippen LogP contribution in [0, 0.1) is 0 Å². The number of amides is 1. The highest BCUT2D eigenvalue weighted by Crippen LogP contribution is 2.41. The first-order valence-electron chi connectivity index (χ1n) is 17.9. The SMILES string of the molecule is C=Cc1c(Cl)cc2nc(C(C)Oc3ccc(C(C)(C)CC)cc3C(C)(C)CC)oc2c1Cl.C=Cc1c(Cl)cc2nc(CCCNC(=O)C(=C)C)oc2c1Cl. The molecule has 0 aliphatic rings. The van der Waals surface area contributed by atoms with Crippen LogP contribution in [-0.4, -0.2) is 22.4 Å². The van der Waals surface area contributed by atoms with Crippen LogP contribution in [0.5, 0.6) is 5.75 Å². The summed E-state index contributed by atoms with van der Waals surface area (Å²) in [6.07, 6.45) is 6.14. The van der Waals surface area contributed by atoms with E-state index < -0.39 is 6.10 Å². The van der Waals surface area contributed by atoms with E-state index in [0.29, 0.717) is 90.2 Å². The van der Waals surface area contributed by atoms with Crippen LogP contribution in [0.15, 0.2) is 64.5 Å². The monoisotopic (exact) mass is 811 g/mol. The Morgan fingerprint density at radius 2 is 1.44 bits per heavy atom. The quantitative estimate of drug-likeness (QED) is 0.0887. The van der Waals surface area contributed by atoms with Gasteiger partial charge < -0.3 is 18.9 Å². The number of carbonyl (C=O) groups excluding carboxylic acids is 1. The van der Waals surface area contributed by atoms with Gasteiger partial charge in [-0.3, -0.25) is 4.79 Å². The summed E-state index contributed by atoms with van der Waals surface area (Å²) < 4.78 is 18.1. The van der Waals surface area contributed by atoms with Crippen LogP contribution in [0.2, 0.25) is 20.1 Å². The molecular formula is C43H49Cl4N3O4. The zero-order valence-corrected chi connectivity index (χ0v) is 35.3. The predicted molar refractivity (Wildman–Crippen MR) is 227 cm³/mol. The van der Waals surface area contributed by atoms with Gasteiger partial charge in [0, 0.05) is 35.2 Å². The Kier molecular flexibility index (Phi) is 14.2. The van der Waals surface area contributed by atoms with Crippen LogP contribution in [-0.2, 0) is 22.0 Å². The molecule has 288 valence electrons. The average molecular weight is 814 g/mol. The highest BCUT2D eigenvalue weighted by molar-refractivity contribution is 6.41. The summed E-state index contributed by atoms with van der Waals surface area (Å²) in [5.41, 5.74) is 6.53. The van der Waals surface area contributed by atoms with Crippen LogP contribution in [0.3, 0.4) is 0 Å². The minimum Gasteiger partial charge on any atom is -0.481 e. The molecule has 1 unspecified atom stereocenters. The third kappa shape index (κ3) is 9.54. The van der Waals surface area contributed by atoms with Crippen molar-refractivity contribution in [3.8, 4) is 5.75 Å². The Morgan fingerprint density at radius 1 is 0.889 bits per heavy atom. The van der Waals surface area contributed by atoms with Gasteiger partial charge >= 0.3 is 0 Å². The topological polar surface area (TPSA) is 90.4 Å². The van der Waals surface area contributed by atoms with E-state index in [2.05, 4.69) is 94.8 Å². The lowest BCUT2D eigenvalue weighted by molar-refractivity contribution is -0.117. The summed E-state index contributed by atoms with van der Waals surface area (Å²) in [5.74, 6) is 1.71. The number of aryl methyl sites for hydroxylation is 1. The lowest BCUT2D eigenvalue weighted by Gasteiger charge is -2.31. The minimum absolute atomic E-state index is 0.0358. The number of fused-ring (bicyclic) bond motifs is 2. The molecule has 2 heterocycles. The smallest absolute Gasteiger partial charge is 0.246 e. The number of hydrogen-bond donors (Lipinski definition) is 1. The zero-order valence-electron chi connectivity index (χ0n) is 32.3. The van der Waals surface area contributed by atoms with E-state index in [1.54, 1.807) is 31.2 Å². The lowest BCUT2D eigenvalue weighted by Crippen LogP contribution is -2.24. The van der Waals surface area contributed by atoms with Gasteiger partial charge in [-0.05, 0) is 67.7 Å². The van der Waals surface area contributed by atoms with Gasteiger partial charge in [-0.25, -0.2) is 9.97 Å². The molecule has 5 aromatic rings. The lowest BCUT2D eigenvalue weighted by atomic mass is 9.76. The van der Waals surface area contributed by atoms with E-state index in [0.717, 1.165) is 18.6 Å². The molecule has 0 bridgehead atoms. The molecule has 0 spiro atoms. The van der Waals surface area contributed by atoms with Gasteiger partial charge in [0.25, 0.3) is 0 Å². The van der Waals surface area contributed by atoms with Gasteiger partial charge in [-0.1, -0.05) is 132 Å². The van der Waals surface area contributed by atoms with Crippen molar-refractivity contribution in [3.05, 3.63) is 110 Å². The Morgan fingerprint density at radius 3 is 1.98 bits per heavy atom. The third-order valence-corrected chi connectivity index (χ3v) is 11.2. The second-order valence-electron chi connectivity index (χ2n) is 14.5. The number of rotatable bonds is 14. The molecule has 5 rings (SSSR count). The molecule has 0 aliphatic heterocycles. The maximum Gasteiger partial charge on any atom is 0.246 e. The van der Waals surface area contributed by atoms with E-state index in [1.165, 1.54) is 11.1 Å². The molecule has 54 heavy (non-hydrogen) atoms. The molecule has 1 atom stereocenters. The van der Waals surface area contributed by atoms with Crippen molar-refractivity contribution in [2.75, 3.05) is 6.54 Å². The highest BCUT2D eigenvalue weighted by Gasteiger charge is 2.28. The summed E-state index contributed by atoms with van der Waals surface area (Å²) in [6.45, 7) is 28.6. The number of oxazole rings is 2. The standard InChI is InChI=1S/C27H33Cl2NO2.C16H16Cl2N2O2/c1-9-18-20(28)15-21-24(23(18)29)32-25(30-21)16(4)31-22-13-12-17(26(5,6)10-2)14-19(22)27(7,8)11-3;1-4-10-11(17)8-12-15(14(10)18)22-13(20-12)6-5-7-19-16(21)9(2)3/h9,12-16H,1,10-11H2,2-8H3;4,8H,1-2,5-7H2,3H3,(H,19,21). The molecule has 1 N–H and O–H groups in total. The van der Waals surface area contributed by atoms with Crippen molar-refractivity contribution in [2.24, 2.45) is 0 Å². The molecule has 1 amide bonds. The van der Waals surface area contributed by atoms with Gasteiger partial charge in [0.2, 0.25) is 11.8 Å². The van der Waals surface area contributed by atoms with Crippen LogP contribution < -0.4 is 10.1 Å². The van der Waals surface area contributed by atoms with Crippen LogP contribution >= 0.6 is 46.4 Å². The Labute approximate surface area is 338 Å². The number of nitrogens with zero attached hydrogens (tertiary/aromatic N) is 2. The highest BCUT2D eigenvalue weighted by atomic mass is 35.5. The molecular weight excluding hydrogens is 764 g/mol. The Hall–Kier alpha value is -3.75. The second kappa shape index (κ2) is 17.8. The molecule has 0 radical (unpaired) electrons. The fourth-order valence-corrected chi connectivity index (χ4v) is 6.83. The normalized spacial score (nSPS) is 12.3. The fourth-order valence-electron chi connectivity index (χ4n) is 5.55. The van der Waals surface area contributed by atoms with Gasteiger partial charge in [0.05, 0.1) is 20.1 Å². The van der Waals surface area contributed by atoms with E-state index >= 15 is 0 Å². The molecule has 0 saturated carbocycles. The maximum atomic E-state index is 11.4. The number of hydrogen-bond acceptors (Lipinski definition) is 6. The molecule has 3 aromatic carbocycles. The van der Waals surface area contributed by atoms with E-state index in [9.17, 15) is 4.79 Å². The predicted octanol–water partition coefficient (Wildman–Crippen LogP) is 13.7. The summed E-state index contributed by atoms with van der Waals surface area (Å²) in [6, 6.07) is 9.99. The minimum atomic E-state index is -0.402. The Bertz CT molecular complexity index is 2200. The van der Waals surface area contributed by atoms with Crippen molar-refractivity contribution in [2.45, 2.75) is 98.0 Å². The zero-order chi connectivity index (χ0) is 40.1. The number of nitrogens with one attached hydrogen (secondary N) is 1. The first-order valence-corrected chi connectivity index (χ1v) is 19.5. The molecule has 2 aromatic heterocycles. The maximum absolute atomic E-state index is 11.4. The van der Waals surface area contributed by atoms with E-state index in [4.69, 9.17) is 60.0 Å². The molecule has 0 fully saturated rings. The van der Waals surface area contributed by atoms with Gasteiger partial charge in [-0.2, -0.15) is 0 Å². The van der Waals surface area contributed by atoms with Crippen molar-refractivity contribution in [1.82, 2.24) is 15.3 Å². The third-order valence-electron chi connectivity index (χ3n) is 9.84. The summed E-state index contributed by atoms with van der Waals surface area (Å²) in [4.78, 5) is 20.3. The molecule has 11 heteroatoms.